The van der Waals surface area contributed by atoms with Crippen molar-refractivity contribution in [1.82, 2.24) is 5.32 Å². The molecule has 6 nitrogen and oxygen atoms in total. The summed E-state index contributed by atoms with van der Waals surface area (Å²) < 4.78 is 25.3. The number of Topliss-reactive ketones (excluding diaryl/α,β-unsaturated/α-hetero) is 1. The molecule has 0 atom stereocenters. The molecular formula is C20H24N2O4S2. The van der Waals surface area contributed by atoms with Gasteiger partial charge in [0.1, 0.15) is 6.54 Å². The van der Waals surface area contributed by atoms with Crippen molar-refractivity contribution >= 4 is 39.2 Å². The molecule has 0 aromatic heterocycles. The molecule has 0 bridgehead atoms. The first-order chi connectivity index (χ1) is 13.3. The van der Waals surface area contributed by atoms with Crippen LogP contribution in [-0.4, -0.2) is 45.2 Å². The van der Waals surface area contributed by atoms with Crippen molar-refractivity contribution < 1.29 is 18.0 Å². The molecule has 0 aliphatic heterocycles. The monoisotopic (exact) mass is 420 g/mol. The number of nitrogens with zero attached hydrogens (tertiary/aromatic N) is 1. The number of nitrogens with one attached hydrogen (secondary N) is 1. The van der Waals surface area contributed by atoms with Gasteiger partial charge in [-0.25, -0.2) is 8.42 Å². The van der Waals surface area contributed by atoms with Gasteiger partial charge in [-0.15, -0.1) is 11.8 Å². The van der Waals surface area contributed by atoms with Gasteiger partial charge in [0, 0.05) is 17.0 Å². The molecular weight excluding hydrogens is 396 g/mol. The molecule has 8 heteroatoms. The molecule has 0 radical (unpaired) electrons. The van der Waals surface area contributed by atoms with Crippen molar-refractivity contribution in [3.63, 3.8) is 0 Å². The molecule has 0 unspecified atom stereocenters. The zero-order valence-electron chi connectivity index (χ0n) is 15.9. The maximum absolute atomic E-state index is 12.2. The van der Waals surface area contributed by atoms with Gasteiger partial charge in [-0.3, -0.25) is 13.9 Å². The van der Waals surface area contributed by atoms with Crippen molar-refractivity contribution in [1.29, 1.82) is 0 Å². The normalized spacial score (nSPS) is 11.1. The number of sulfonamides is 1. The maximum atomic E-state index is 12.2. The second kappa shape index (κ2) is 10.3. The van der Waals surface area contributed by atoms with Crippen LogP contribution in [0.25, 0.3) is 0 Å². The highest BCUT2D eigenvalue weighted by Crippen LogP contribution is 2.20. The van der Waals surface area contributed by atoms with Crippen LogP contribution in [0.1, 0.15) is 23.7 Å². The number of ketones is 1. The Labute approximate surface area is 170 Å². The van der Waals surface area contributed by atoms with E-state index in [1.807, 2.05) is 30.3 Å². The molecule has 28 heavy (non-hydrogen) atoms. The van der Waals surface area contributed by atoms with Gasteiger partial charge in [0.15, 0.2) is 5.78 Å². The zero-order valence-corrected chi connectivity index (χ0v) is 17.6. The average molecular weight is 421 g/mol. The number of carbonyl (C=O) groups is 2. The number of hydrogen-bond donors (Lipinski definition) is 1. The van der Waals surface area contributed by atoms with Crippen LogP contribution in [0, 0.1) is 0 Å². The molecule has 0 heterocycles. The summed E-state index contributed by atoms with van der Waals surface area (Å²) in [6.07, 6.45) is 1.81. The summed E-state index contributed by atoms with van der Waals surface area (Å²) in [6, 6.07) is 16.2. The summed E-state index contributed by atoms with van der Waals surface area (Å²) in [5.41, 5.74) is 0.689. The fourth-order valence-corrected chi connectivity index (χ4v) is 4.20. The van der Waals surface area contributed by atoms with Crippen molar-refractivity contribution in [3.8, 4) is 0 Å². The van der Waals surface area contributed by atoms with E-state index in [9.17, 15) is 18.0 Å². The Morgan fingerprint density at radius 1 is 1.07 bits per heavy atom. The van der Waals surface area contributed by atoms with E-state index in [0.29, 0.717) is 17.8 Å². The second-order valence-electron chi connectivity index (χ2n) is 6.24. The van der Waals surface area contributed by atoms with E-state index in [4.69, 9.17) is 0 Å². The topological polar surface area (TPSA) is 83.6 Å². The number of amides is 1. The van der Waals surface area contributed by atoms with Crippen LogP contribution in [0.5, 0.6) is 0 Å². The minimum Gasteiger partial charge on any atom is -0.354 e. The molecule has 0 saturated heterocycles. The van der Waals surface area contributed by atoms with Crippen LogP contribution in [0.3, 0.4) is 0 Å². The first-order valence-electron chi connectivity index (χ1n) is 8.80. The lowest BCUT2D eigenvalue weighted by atomic mass is 10.1. The average Bonchev–Trinajstić information content (AvgIpc) is 2.66. The molecule has 0 fully saturated rings. The number of benzene rings is 2. The van der Waals surface area contributed by atoms with Crippen molar-refractivity contribution in [2.45, 2.75) is 18.2 Å². The highest BCUT2D eigenvalue weighted by Gasteiger charge is 2.21. The van der Waals surface area contributed by atoms with Crippen LogP contribution in [-0.2, 0) is 14.8 Å². The summed E-state index contributed by atoms with van der Waals surface area (Å²) in [5, 5.41) is 2.75. The van der Waals surface area contributed by atoms with Crippen molar-refractivity contribution in [2.75, 3.05) is 29.4 Å². The number of thioether (sulfide) groups is 1. The van der Waals surface area contributed by atoms with E-state index in [1.54, 1.807) is 30.0 Å². The van der Waals surface area contributed by atoms with Crippen molar-refractivity contribution in [2.24, 2.45) is 0 Å². The molecule has 2 rings (SSSR count). The second-order valence-corrected chi connectivity index (χ2v) is 9.32. The fourth-order valence-electron chi connectivity index (χ4n) is 2.47. The van der Waals surface area contributed by atoms with E-state index >= 15 is 0 Å². The highest BCUT2D eigenvalue weighted by molar-refractivity contribution is 7.99. The van der Waals surface area contributed by atoms with Crippen LogP contribution in [0.2, 0.25) is 0 Å². The summed E-state index contributed by atoms with van der Waals surface area (Å²) in [6.45, 7) is 1.54. The molecule has 150 valence electrons. The van der Waals surface area contributed by atoms with Gasteiger partial charge in [-0.2, -0.15) is 0 Å². The standard InChI is InChI=1S/C20H24N2O4S2/c1-16(23)17-8-6-9-18(14-17)22(28(2,25)26)15-20(24)21-12-7-13-27-19-10-4-3-5-11-19/h3-6,8-11,14H,7,12-13,15H2,1-2H3,(H,21,24). The summed E-state index contributed by atoms with van der Waals surface area (Å²) >= 11 is 1.70. The molecule has 2 aromatic rings. The maximum Gasteiger partial charge on any atom is 0.240 e. The van der Waals surface area contributed by atoms with E-state index in [0.717, 1.165) is 22.7 Å². The quantitative estimate of drug-likeness (QED) is 0.363. The molecule has 0 aliphatic rings. The molecule has 2 aromatic carbocycles. The van der Waals surface area contributed by atoms with Gasteiger partial charge < -0.3 is 5.32 Å². The van der Waals surface area contributed by atoms with Gasteiger partial charge >= 0.3 is 0 Å². The van der Waals surface area contributed by atoms with Gasteiger partial charge in [-0.05, 0) is 43.4 Å². The first kappa shape index (κ1) is 22.0. The Balaban J connectivity index is 1.89. The summed E-state index contributed by atoms with van der Waals surface area (Å²) in [5.74, 6) is 0.292. The first-order valence-corrected chi connectivity index (χ1v) is 11.6. The summed E-state index contributed by atoms with van der Waals surface area (Å²) in [4.78, 5) is 25.0. The van der Waals surface area contributed by atoms with Crippen LogP contribution < -0.4 is 9.62 Å². The smallest absolute Gasteiger partial charge is 0.240 e. The lowest BCUT2D eigenvalue weighted by Gasteiger charge is -2.22. The largest absolute Gasteiger partial charge is 0.354 e. The zero-order chi connectivity index (χ0) is 20.6. The van der Waals surface area contributed by atoms with Crippen LogP contribution in [0.4, 0.5) is 5.69 Å². The SMILES string of the molecule is CC(=O)c1cccc(N(CC(=O)NCCCSc2ccccc2)S(C)(=O)=O)c1. The van der Waals surface area contributed by atoms with Gasteiger partial charge in [0.05, 0.1) is 11.9 Å². The van der Waals surface area contributed by atoms with Crippen molar-refractivity contribution in [3.05, 3.63) is 60.2 Å². The lowest BCUT2D eigenvalue weighted by Crippen LogP contribution is -2.40. The van der Waals surface area contributed by atoms with Gasteiger partial charge in [-0.1, -0.05) is 30.3 Å². The fraction of sp³-hybridized carbons (Fsp3) is 0.300. The Kier molecular flexibility index (Phi) is 8.07. The predicted octanol–water partition coefficient (Wildman–Crippen LogP) is 2.95. The number of carbonyl (C=O) groups excluding carboxylic acids is 2. The van der Waals surface area contributed by atoms with Gasteiger partial charge in [0.25, 0.3) is 0 Å². The minimum absolute atomic E-state index is 0.171. The Hall–Kier alpha value is -2.32. The molecule has 0 spiro atoms. The number of anilines is 1. The molecule has 1 N–H and O–H groups in total. The van der Waals surface area contributed by atoms with Gasteiger partial charge in [0.2, 0.25) is 15.9 Å². The highest BCUT2D eigenvalue weighted by atomic mass is 32.2. The third-order valence-electron chi connectivity index (χ3n) is 3.88. The van der Waals surface area contributed by atoms with E-state index < -0.39 is 10.0 Å². The van der Waals surface area contributed by atoms with Crippen LogP contribution >= 0.6 is 11.8 Å². The Bertz CT molecular complexity index is 915. The number of rotatable bonds is 10. The third kappa shape index (κ3) is 7.01. The number of hydrogen-bond acceptors (Lipinski definition) is 5. The molecule has 0 saturated carbocycles. The molecule has 1 amide bonds. The summed E-state index contributed by atoms with van der Waals surface area (Å²) in [7, 11) is -3.67. The third-order valence-corrected chi connectivity index (χ3v) is 6.12. The molecule has 0 aliphatic carbocycles. The minimum atomic E-state index is -3.67. The van der Waals surface area contributed by atoms with E-state index in [-0.39, 0.29) is 18.2 Å². The predicted molar refractivity (Wildman–Crippen MR) is 113 cm³/mol. The Morgan fingerprint density at radius 2 is 1.79 bits per heavy atom. The van der Waals surface area contributed by atoms with E-state index in [1.165, 1.54) is 17.9 Å². The van der Waals surface area contributed by atoms with Crippen LogP contribution in [0.15, 0.2) is 59.5 Å². The van der Waals surface area contributed by atoms with E-state index in [2.05, 4.69) is 5.32 Å². The Morgan fingerprint density at radius 3 is 2.43 bits per heavy atom. The lowest BCUT2D eigenvalue weighted by molar-refractivity contribution is -0.119.